The highest BCUT2D eigenvalue weighted by Crippen LogP contribution is 2.29. The van der Waals surface area contributed by atoms with Crippen LogP contribution in [0.5, 0.6) is 11.5 Å². The maximum atomic E-state index is 12.6. The molecular formula is C17H19N5O4. The van der Waals surface area contributed by atoms with Gasteiger partial charge in [-0.15, -0.1) is 0 Å². The van der Waals surface area contributed by atoms with Crippen molar-refractivity contribution < 1.29 is 14.3 Å². The van der Waals surface area contributed by atoms with E-state index in [9.17, 15) is 9.59 Å². The molecule has 1 aromatic carbocycles. The van der Waals surface area contributed by atoms with Crippen LogP contribution in [0.3, 0.4) is 0 Å². The van der Waals surface area contributed by atoms with Gasteiger partial charge in [0.25, 0.3) is 5.56 Å². The Bertz CT molecular complexity index is 965. The fourth-order valence-corrected chi connectivity index (χ4v) is 2.55. The van der Waals surface area contributed by atoms with Gasteiger partial charge in [0.05, 0.1) is 38.0 Å². The van der Waals surface area contributed by atoms with Crippen molar-refractivity contribution in [3.63, 3.8) is 0 Å². The molecule has 1 amide bonds. The van der Waals surface area contributed by atoms with Crippen LogP contribution in [0, 0.1) is 0 Å². The van der Waals surface area contributed by atoms with Gasteiger partial charge in [-0.05, 0) is 12.1 Å². The van der Waals surface area contributed by atoms with Crippen LogP contribution in [0.25, 0.3) is 10.9 Å². The minimum Gasteiger partial charge on any atom is -0.493 e. The lowest BCUT2D eigenvalue weighted by Crippen LogP contribution is -2.34. The Labute approximate surface area is 149 Å². The summed E-state index contributed by atoms with van der Waals surface area (Å²) in [6, 6.07) is 5.01. The third kappa shape index (κ3) is 3.66. The Balaban J connectivity index is 1.74. The van der Waals surface area contributed by atoms with E-state index in [0.717, 1.165) is 0 Å². The average Bonchev–Trinajstić information content (AvgIpc) is 3.16. The van der Waals surface area contributed by atoms with E-state index in [0.29, 0.717) is 35.5 Å². The molecule has 0 aliphatic heterocycles. The number of benzene rings is 1. The summed E-state index contributed by atoms with van der Waals surface area (Å²) < 4.78 is 13.4. The SMILES string of the molecule is COc1cc2ncn(CC(=O)NCCn3cccn3)c(=O)c2cc1OC. The second-order valence-corrected chi connectivity index (χ2v) is 5.52. The minimum absolute atomic E-state index is 0.116. The molecule has 0 radical (unpaired) electrons. The zero-order valence-corrected chi connectivity index (χ0v) is 14.5. The first-order valence-corrected chi connectivity index (χ1v) is 7.97. The van der Waals surface area contributed by atoms with Crippen LogP contribution in [0.4, 0.5) is 0 Å². The summed E-state index contributed by atoms with van der Waals surface area (Å²) in [6.07, 6.45) is 4.83. The van der Waals surface area contributed by atoms with E-state index in [1.165, 1.54) is 25.1 Å². The molecular weight excluding hydrogens is 338 g/mol. The molecule has 0 bridgehead atoms. The van der Waals surface area contributed by atoms with Gasteiger partial charge in [-0.2, -0.15) is 5.10 Å². The standard InChI is InChI=1S/C17H19N5O4/c1-25-14-8-12-13(9-15(14)26-2)19-11-21(17(12)24)10-16(23)18-5-7-22-6-3-4-20-22/h3-4,6,8-9,11H,5,7,10H2,1-2H3,(H,18,23). The van der Waals surface area contributed by atoms with Crippen molar-refractivity contribution >= 4 is 16.8 Å². The van der Waals surface area contributed by atoms with E-state index < -0.39 is 0 Å². The number of methoxy groups -OCH3 is 2. The molecule has 9 heteroatoms. The van der Waals surface area contributed by atoms with Crippen molar-refractivity contribution in [3.05, 3.63) is 47.3 Å². The lowest BCUT2D eigenvalue weighted by molar-refractivity contribution is -0.121. The molecule has 3 aromatic rings. The zero-order chi connectivity index (χ0) is 18.5. The van der Waals surface area contributed by atoms with Gasteiger partial charge in [0.1, 0.15) is 6.54 Å². The number of ether oxygens (including phenoxy) is 2. The number of amides is 1. The molecule has 26 heavy (non-hydrogen) atoms. The Hall–Kier alpha value is -3.36. The van der Waals surface area contributed by atoms with Gasteiger partial charge in [-0.1, -0.05) is 0 Å². The number of rotatable bonds is 7. The topological polar surface area (TPSA) is 100 Å². The lowest BCUT2D eigenvalue weighted by Gasteiger charge is -2.11. The molecule has 1 N–H and O–H groups in total. The fraction of sp³-hybridized carbons (Fsp3) is 0.294. The first-order chi connectivity index (χ1) is 12.6. The van der Waals surface area contributed by atoms with Crippen molar-refractivity contribution in [1.82, 2.24) is 24.6 Å². The van der Waals surface area contributed by atoms with Crippen LogP contribution in [-0.2, 0) is 17.9 Å². The molecule has 136 valence electrons. The van der Waals surface area contributed by atoms with E-state index in [-0.39, 0.29) is 18.0 Å². The van der Waals surface area contributed by atoms with E-state index >= 15 is 0 Å². The van der Waals surface area contributed by atoms with Gasteiger partial charge in [-0.25, -0.2) is 4.98 Å². The molecule has 2 heterocycles. The van der Waals surface area contributed by atoms with Gasteiger partial charge >= 0.3 is 0 Å². The molecule has 0 aliphatic rings. The third-order valence-corrected chi connectivity index (χ3v) is 3.87. The van der Waals surface area contributed by atoms with Gasteiger partial charge in [0.15, 0.2) is 11.5 Å². The quantitative estimate of drug-likeness (QED) is 0.658. The Morgan fingerprint density at radius 1 is 1.23 bits per heavy atom. The number of carbonyl (C=O) groups excluding carboxylic acids is 1. The molecule has 0 saturated heterocycles. The number of carbonyl (C=O) groups is 1. The maximum Gasteiger partial charge on any atom is 0.261 e. The predicted octanol–water partition coefficient (Wildman–Crippen LogP) is 0.427. The first kappa shape index (κ1) is 17.5. The Kier molecular flexibility index (Phi) is 5.16. The van der Waals surface area contributed by atoms with E-state index in [2.05, 4.69) is 15.4 Å². The number of aromatic nitrogens is 4. The summed E-state index contributed by atoms with van der Waals surface area (Å²) in [5, 5.41) is 7.16. The number of nitrogens with zero attached hydrogens (tertiary/aromatic N) is 4. The minimum atomic E-state index is -0.321. The Morgan fingerprint density at radius 2 is 2.00 bits per heavy atom. The van der Waals surface area contributed by atoms with Crippen LogP contribution in [0.1, 0.15) is 0 Å². The highest BCUT2D eigenvalue weighted by Gasteiger charge is 2.12. The van der Waals surface area contributed by atoms with Crippen molar-refractivity contribution in [1.29, 1.82) is 0 Å². The van der Waals surface area contributed by atoms with Crippen LogP contribution in [0.2, 0.25) is 0 Å². The van der Waals surface area contributed by atoms with Crippen LogP contribution in [0.15, 0.2) is 41.7 Å². The monoisotopic (exact) mass is 357 g/mol. The highest BCUT2D eigenvalue weighted by molar-refractivity contribution is 5.82. The van der Waals surface area contributed by atoms with Crippen molar-refractivity contribution in [2.45, 2.75) is 13.1 Å². The number of hydrogen-bond donors (Lipinski definition) is 1. The van der Waals surface area contributed by atoms with E-state index in [1.54, 1.807) is 23.0 Å². The number of nitrogens with one attached hydrogen (secondary N) is 1. The lowest BCUT2D eigenvalue weighted by atomic mass is 10.2. The molecule has 0 fully saturated rings. The molecule has 0 atom stereocenters. The van der Waals surface area contributed by atoms with Gasteiger partial charge in [0, 0.05) is 25.0 Å². The smallest absolute Gasteiger partial charge is 0.261 e. The second-order valence-electron chi connectivity index (χ2n) is 5.52. The molecule has 0 spiro atoms. The summed E-state index contributed by atoms with van der Waals surface area (Å²) in [6.45, 7) is 0.858. The molecule has 0 unspecified atom stereocenters. The average molecular weight is 357 g/mol. The predicted molar refractivity (Wildman–Crippen MR) is 94.3 cm³/mol. The molecule has 3 rings (SSSR count). The number of fused-ring (bicyclic) bond motifs is 1. The molecule has 2 aromatic heterocycles. The van der Waals surface area contributed by atoms with Crippen LogP contribution < -0.4 is 20.3 Å². The molecule has 0 saturated carbocycles. The summed E-state index contributed by atoms with van der Waals surface area (Å²) in [5.41, 5.74) is 0.154. The summed E-state index contributed by atoms with van der Waals surface area (Å²) in [5.74, 6) is 0.641. The number of hydrogen-bond acceptors (Lipinski definition) is 6. The van der Waals surface area contributed by atoms with Crippen molar-refractivity contribution in [2.24, 2.45) is 0 Å². The van der Waals surface area contributed by atoms with Crippen LogP contribution in [-0.4, -0.2) is 46.0 Å². The zero-order valence-electron chi connectivity index (χ0n) is 14.5. The normalized spacial score (nSPS) is 10.7. The van der Waals surface area contributed by atoms with Crippen molar-refractivity contribution in [2.75, 3.05) is 20.8 Å². The highest BCUT2D eigenvalue weighted by atomic mass is 16.5. The molecule has 9 nitrogen and oxygen atoms in total. The van der Waals surface area contributed by atoms with E-state index in [1.807, 2.05) is 12.3 Å². The van der Waals surface area contributed by atoms with Gasteiger partial charge in [-0.3, -0.25) is 18.8 Å². The second kappa shape index (κ2) is 7.68. The van der Waals surface area contributed by atoms with Crippen molar-refractivity contribution in [3.8, 4) is 11.5 Å². The largest absolute Gasteiger partial charge is 0.493 e. The Morgan fingerprint density at radius 3 is 2.69 bits per heavy atom. The fourth-order valence-electron chi connectivity index (χ4n) is 2.55. The molecule has 0 aliphatic carbocycles. The van der Waals surface area contributed by atoms with Crippen LogP contribution >= 0.6 is 0 Å². The maximum absolute atomic E-state index is 12.6. The summed E-state index contributed by atoms with van der Waals surface area (Å²) >= 11 is 0. The summed E-state index contributed by atoms with van der Waals surface area (Å²) in [7, 11) is 3.00. The summed E-state index contributed by atoms with van der Waals surface area (Å²) in [4.78, 5) is 28.9. The van der Waals surface area contributed by atoms with Gasteiger partial charge in [0.2, 0.25) is 5.91 Å². The van der Waals surface area contributed by atoms with Gasteiger partial charge < -0.3 is 14.8 Å². The third-order valence-electron chi connectivity index (χ3n) is 3.87. The van der Waals surface area contributed by atoms with E-state index in [4.69, 9.17) is 9.47 Å². The first-order valence-electron chi connectivity index (χ1n) is 7.97.